The van der Waals surface area contributed by atoms with E-state index in [1.54, 1.807) is 18.3 Å². The Kier molecular flexibility index (Phi) is 4.73. The molecule has 1 N–H and O–H groups in total. The summed E-state index contributed by atoms with van der Waals surface area (Å²) in [6.07, 6.45) is 5.88. The van der Waals surface area contributed by atoms with E-state index in [1.165, 1.54) is 38.7 Å². The first kappa shape index (κ1) is 16.7. The molecule has 1 heterocycles. The normalized spacial score (nSPS) is 14.4. The summed E-state index contributed by atoms with van der Waals surface area (Å²) in [7, 11) is -0.813. The molecular weight excluding hydrogens is 328 g/mol. The monoisotopic (exact) mass is 348 g/mol. The summed E-state index contributed by atoms with van der Waals surface area (Å²) < 4.78 is 38.1. The van der Waals surface area contributed by atoms with Crippen LogP contribution in [0.2, 0.25) is 0 Å². The number of ether oxygens (including phenoxy) is 2. The molecule has 0 saturated heterocycles. The van der Waals surface area contributed by atoms with Gasteiger partial charge in [-0.1, -0.05) is 6.07 Å². The zero-order valence-electron chi connectivity index (χ0n) is 13.7. The van der Waals surface area contributed by atoms with E-state index in [4.69, 9.17) is 9.47 Å². The van der Waals surface area contributed by atoms with Crippen LogP contribution in [0.25, 0.3) is 0 Å². The Morgan fingerprint density at radius 3 is 2.62 bits per heavy atom. The minimum absolute atomic E-state index is 0.0515. The molecule has 0 amide bonds. The Bertz CT molecular complexity index is 832. The summed E-state index contributed by atoms with van der Waals surface area (Å²) in [5.74, 6) is 1.30. The summed E-state index contributed by atoms with van der Waals surface area (Å²) in [4.78, 5) is 4.25. The molecule has 0 radical (unpaired) electrons. The molecule has 1 aromatic carbocycles. The van der Waals surface area contributed by atoms with Crippen molar-refractivity contribution in [2.75, 3.05) is 14.2 Å². The SMILES string of the molecule is COc1ccc(OC)c(S(=O)(=O)NCc2cncc(C3CC3)c2)c1. The Morgan fingerprint density at radius 2 is 1.96 bits per heavy atom. The van der Waals surface area contributed by atoms with Crippen LogP contribution in [0, 0.1) is 0 Å². The van der Waals surface area contributed by atoms with Crippen LogP contribution in [0.3, 0.4) is 0 Å². The zero-order chi connectivity index (χ0) is 17.2. The van der Waals surface area contributed by atoms with E-state index in [0.717, 1.165) is 5.56 Å². The van der Waals surface area contributed by atoms with Crippen LogP contribution in [-0.4, -0.2) is 27.6 Å². The molecular formula is C17H20N2O4S. The average molecular weight is 348 g/mol. The Hall–Kier alpha value is -2.12. The minimum Gasteiger partial charge on any atom is -0.497 e. The lowest BCUT2D eigenvalue weighted by Gasteiger charge is -2.12. The van der Waals surface area contributed by atoms with Crippen molar-refractivity contribution >= 4 is 10.0 Å². The summed E-state index contributed by atoms with van der Waals surface area (Å²) in [6.45, 7) is 0.177. The van der Waals surface area contributed by atoms with Crippen molar-refractivity contribution in [1.82, 2.24) is 9.71 Å². The van der Waals surface area contributed by atoms with Gasteiger partial charge < -0.3 is 9.47 Å². The zero-order valence-corrected chi connectivity index (χ0v) is 14.5. The van der Waals surface area contributed by atoms with Crippen molar-refractivity contribution in [1.29, 1.82) is 0 Å². The van der Waals surface area contributed by atoms with Crippen LogP contribution in [-0.2, 0) is 16.6 Å². The summed E-state index contributed by atoms with van der Waals surface area (Å²) in [6, 6.07) is 6.68. The third-order valence-corrected chi connectivity index (χ3v) is 5.41. The number of methoxy groups -OCH3 is 2. The van der Waals surface area contributed by atoms with Crippen LogP contribution in [0.1, 0.15) is 29.9 Å². The summed E-state index contributed by atoms with van der Waals surface area (Å²) >= 11 is 0. The number of hydrogen-bond donors (Lipinski definition) is 1. The van der Waals surface area contributed by atoms with Crippen LogP contribution in [0.5, 0.6) is 11.5 Å². The fraction of sp³-hybridized carbons (Fsp3) is 0.353. The molecule has 0 spiro atoms. The molecule has 2 aromatic rings. The van der Waals surface area contributed by atoms with Gasteiger partial charge in [-0.3, -0.25) is 4.98 Å². The molecule has 1 aliphatic carbocycles. The third-order valence-electron chi connectivity index (χ3n) is 3.99. The molecule has 0 atom stereocenters. The molecule has 7 heteroatoms. The lowest BCUT2D eigenvalue weighted by atomic mass is 10.1. The molecule has 1 aromatic heterocycles. The highest BCUT2D eigenvalue weighted by atomic mass is 32.2. The molecule has 1 saturated carbocycles. The Balaban J connectivity index is 1.80. The lowest BCUT2D eigenvalue weighted by Crippen LogP contribution is -2.24. The second-order valence-electron chi connectivity index (χ2n) is 5.74. The summed E-state index contributed by atoms with van der Waals surface area (Å²) in [5.41, 5.74) is 2.01. The number of rotatable bonds is 7. The van der Waals surface area contributed by atoms with Crippen LogP contribution in [0.4, 0.5) is 0 Å². The van der Waals surface area contributed by atoms with Crippen molar-refractivity contribution in [3.8, 4) is 11.5 Å². The number of nitrogens with zero attached hydrogens (tertiary/aromatic N) is 1. The van der Waals surface area contributed by atoms with Crippen LogP contribution >= 0.6 is 0 Å². The van der Waals surface area contributed by atoms with Gasteiger partial charge in [0.15, 0.2) is 0 Å². The number of hydrogen-bond acceptors (Lipinski definition) is 5. The van der Waals surface area contributed by atoms with Gasteiger partial charge in [0.25, 0.3) is 0 Å². The predicted molar refractivity (Wildman–Crippen MR) is 89.8 cm³/mol. The smallest absolute Gasteiger partial charge is 0.244 e. The molecule has 128 valence electrons. The van der Waals surface area contributed by atoms with Crippen LogP contribution < -0.4 is 14.2 Å². The molecule has 1 aliphatic rings. The number of aromatic nitrogens is 1. The van der Waals surface area contributed by atoms with E-state index < -0.39 is 10.0 Å². The van der Waals surface area contributed by atoms with E-state index in [2.05, 4.69) is 9.71 Å². The first-order valence-corrected chi connectivity index (χ1v) is 9.17. The van der Waals surface area contributed by atoms with Crippen molar-refractivity contribution in [3.63, 3.8) is 0 Å². The van der Waals surface area contributed by atoms with Gasteiger partial charge >= 0.3 is 0 Å². The van der Waals surface area contributed by atoms with Gasteiger partial charge in [0.2, 0.25) is 10.0 Å². The Morgan fingerprint density at radius 1 is 1.17 bits per heavy atom. The standard InChI is InChI=1S/C17H20N2O4S/c1-22-15-5-6-16(23-2)17(8-15)24(20,21)19-10-12-7-14(11-18-9-12)13-3-4-13/h5-9,11,13,19H,3-4,10H2,1-2H3. The highest BCUT2D eigenvalue weighted by molar-refractivity contribution is 7.89. The molecule has 1 fully saturated rings. The quantitative estimate of drug-likeness (QED) is 0.832. The first-order chi connectivity index (χ1) is 11.5. The van der Waals surface area contributed by atoms with Gasteiger partial charge in [0.05, 0.1) is 14.2 Å². The van der Waals surface area contributed by atoms with E-state index in [-0.39, 0.29) is 17.2 Å². The van der Waals surface area contributed by atoms with Gasteiger partial charge in [-0.15, -0.1) is 0 Å². The Labute approximate surface area is 141 Å². The first-order valence-electron chi connectivity index (χ1n) is 7.69. The van der Waals surface area contributed by atoms with Crippen molar-refractivity contribution in [2.45, 2.75) is 30.2 Å². The highest BCUT2D eigenvalue weighted by Crippen LogP contribution is 2.39. The van der Waals surface area contributed by atoms with Gasteiger partial charge in [0.1, 0.15) is 16.4 Å². The topological polar surface area (TPSA) is 77.5 Å². The average Bonchev–Trinajstić information content (AvgIpc) is 3.45. The number of benzene rings is 1. The van der Waals surface area contributed by atoms with Crippen LogP contribution in [0.15, 0.2) is 41.6 Å². The maximum atomic E-state index is 12.6. The molecule has 0 bridgehead atoms. The number of pyridine rings is 1. The predicted octanol–water partition coefficient (Wildman–Crippen LogP) is 2.45. The maximum Gasteiger partial charge on any atom is 0.244 e. The highest BCUT2D eigenvalue weighted by Gasteiger charge is 2.24. The van der Waals surface area contributed by atoms with Gasteiger partial charge in [-0.05, 0) is 42.0 Å². The third kappa shape index (κ3) is 3.68. The molecule has 0 unspecified atom stereocenters. The second-order valence-corrected chi connectivity index (χ2v) is 7.48. The van der Waals surface area contributed by atoms with Gasteiger partial charge in [-0.2, -0.15) is 0 Å². The molecule has 6 nitrogen and oxygen atoms in total. The van der Waals surface area contributed by atoms with Crippen molar-refractivity contribution in [3.05, 3.63) is 47.8 Å². The molecule has 24 heavy (non-hydrogen) atoms. The van der Waals surface area contributed by atoms with E-state index in [0.29, 0.717) is 11.7 Å². The maximum absolute atomic E-state index is 12.6. The molecule has 3 rings (SSSR count). The van der Waals surface area contributed by atoms with Gasteiger partial charge in [-0.25, -0.2) is 13.1 Å². The fourth-order valence-electron chi connectivity index (χ4n) is 2.49. The lowest BCUT2D eigenvalue weighted by molar-refractivity contribution is 0.392. The number of sulfonamides is 1. The van der Waals surface area contributed by atoms with Crippen molar-refractivity contribution in [2.24, 2.45) is 0 Å². The van der Waals surface area contributed by atoms with Gasteiger partial charge in [0, 0.05) is 25.0 Å². The van der Waals surface area contributed by atoms with E-state index in [1.807, 2.05) is 12.3 Å². The second kappa shape index (κ2) is 6.78. The van der Waals surface area contributed by atoms with Crippen molar-refractivity contribution < 1.29 is 17.9 Å². The minimum atomic E-state index is -3.73. The largest absolute Gasteiger partial charge is 0.497 e. The summed E-state index contributed by atoms with van der Waals surface area (Å²) in [5, 5.41) is 0. The van der Waals surface area contributed by atoms with E-state index in [9.17, 15) is 8.42 Å². The van der Waals surface area contributed by atoms with E-state index >= 15 is 0 Å². The number of nitrogens with one attached hydrogen (secondary N) is 1. The molecule has 0 aliphatic heterocycles. The fourth-order valence-corrected chi connectivity index (χ4v) is 3.69.